The first-order chi connectivity index (χ1) is 8.31. The molecule has 0 saturated heterocycles. The quantitative estimate of drug-likeness (QED) is 0.769. The van der Waals surface area contributed by atoms with Crippen molar-refractivity contribution < 1.29 is 4.52 Å². The summed E-state index contributed by atoms with van der Waals surface area (Å²) in [6, 6.07) is 10.0. The molecule has 2 heterocycles. The van der Waals surface area contributed by atoms with E-state index >= 15 is 0 Å². The van der Waals surface area contributed by atoms with Gasteiger partial charge in [0.1, 0.15) is 0 Å². The number of hydrogen-bond donors (Lipinski definition) is 1. The molecule has 17 heavy (non-hydrogen) atoms. The predicted molar refractivity (Wildman–Crippen MR) is 68.2 cm³/mol. The van der Waals surface area contributed by atoms with Crippen molar-refractivity contribution in [1.82, 2.24) is 10.1 Å². The lowest BCUT2D eigenvalue weighted by Gasteiger charge is -1.96. The topological polar surface area (TPSA) is 51.0 Å². The molecule has 2 aromatic heterocycles. The molecule has 1 aromatic carbocycles. The van der Waals surface area contributed by atoms with E-state index in [0.29, 0.717) is 6.54 Å². The summed E-state index contributed by atoms with van der Waals surface area (Å²) >= 11 is 1.64. The van der Waals surface area contributed by atoms with E-state index in [1.807, 2.05) is 31.2 Å². The van der Waals surface area contributed by atoms with E-state index in [1.54, 1.807) is 11.3 Å². The number of para-hydroxylation sites is 1. The van der Waals surface area contributed by atoms with E-state index < -0.39 is 0 Å². The Hall–Kier alpha value is -1.88. The third-order valence-corrected chi connectivity index (χ3v) is 3.38. The van der Waals surface area contributed by atoms with Gasteiger partial charge in [-0.2, -0.15) is 0 Å². The van der Waals surface area contributed by atoms with Crippen LogP contribution in [0.5, 0.6) is 0 Å². The largest absolute Gasteiger partial charge is 0.359 e. The summed E-state index contributed by atoms with van der Waals surface area (Å²) in [5.74, 6) is 0.821. The Balaban J connectivity index is 1.76. The molecule has 0 aliphatic heterocycles. The zero-order valence-corrected chi connectivity index (χ0v) is 10.1. The van der Waals surface area contributed by atoms with Crippen LogP contribution in [-0.2, 0) is 6.54 Å². The number of nitrogens with one attached hydrogen (secondary N) is 1. The van der Waals surface area contributed by atoms with Gasteiger partial charge in [-0.1, -0.05) is 28.6 Å². The van der Waals surface area contributed by atoms with E-state index in [-0.39, 0.29) is 0 Å². The fraction of sp³-hybridized carbons (Fsp3) is 0.167. The van der Waals surface area contributed by atoms with Crippen LogP contribution in [0.4, 0.5) is 5.13 Å². The van der Waals surface area contributed by atoms with Crippen molar-refractivity contribution in [3.63, 3.8) is 0 Å². The molecule has 0 aliphatic carbocycles. The minimum Gasteiger partial charge on any atom is -0.359 e. The first kappa shape index (κ1) is 10.3. The van der Waals surface area contributed by atoms with Crippen LogP contribution in [0.1, 0.15) is 11.5 Å². The Morgan fingerprint density at radius 2 is 2.24 bits per heavy atom. The number of benzene rings is 1. The Bertz CT molecular complexity index is 611. The van der Waals surface area contributed by atoms with Crippen LogP contribution in [0.2, 0.25) is 0 Å². The predicted octanol–water partition coefficient (Wildman–Crippen LogP) is 3.20. The Labute approximate surface area is 102 Å². The van der Waals surface area contributed by atoms with Crippen LogP contribution in [0.25, 0.3) is 10.2 Å². The SMILES string of the molecule is Cc1cc(CNc2nc3ccccc3s2)on1. The van der Waals surface area contributed by atoms with Gasteiger partial charge >= 0.3 is 0 Å². The molecule has 0 spiro atoms. The molecular formula is C12H11N3OS. The van der Waals surface area contributed by atoms with Crippen LogP contribution in [-0.4, -0.2) is 10.1 Å². The molecule has 3 rings (SSSR count). The monoisotopic (exact) mass is 245 g/mol. The molecular weight excluding hydrogens is 234 g/mol. The Morgan fingerprint density at radius 3 is 3.00 bits per heavy atom. The summed E-state index contributed by atoms with van der Waals surface area (Å²) < 4.78 is 6.31. The average Bonchev–Trinajstić information content (AvgIpc) is 2.91. The summed E-state index contributed by atoms with van der Waals surface area (Å²) in [5.41, 5.74) is 1.92. The number of nitrogens with zero attached hydrogens (tertiary/aromatic N) is 2. The van der Waals surface area contributed by atoms with Crippen LogP contribution >= 0.6 is 11.3 Å². The standard InChI is InChI=1S/C12H11N3OS/c1-8-6-9(16-15-8)7-13-12-14-10-4-2-3-5-11(10)17-12/h2-6H,7H2,1H3,(H,13,14). The average molecular weight is 245 g/mol. The number of anilines is 1. The third kappa shape index (κ3) is 2.14. The highest BCUT2D eigenvalue weighted by molar-refractivity contribution is 7.22. The minimum atomic E-state index is 0.612. The van der Waals surface area contributed by atoms with Gasteiger partial charge < -0.3 is 9.84 Å². The van der Waals surface area contributed by atoms with E-state index in [4.69, 9.17) is 4.52 Å². The van der Waals surface area contributed by atoms with Gasteiger partial charge in [0.2, 0.25) is 0 Å². The second-order valence-corrected chi connectivity index (χ2v) is 4.81. The second kappa shape index (κ2) is 4.18. The van der Waals surface area contributed by atoms with Gasteiger partial charge in [0.15, 0.2) is 10.9 Å². The normalized spacial score (nSPS) is 10.9. The van der Waals surface area contributed by atoms with Crippen LogP contribution in [0.3, 0.4) is 0 Å². The number of fused-ring (bicyclic) bond motifs is 1. The smallest absolute Gasteiger partial charge is 0.184 e. The van der Waals surface area contributed by atoms with Crippen molar-refractivity contribution in [3.05, 3.63) is 41.8 Å². The second-order valence-electron chi connectivity index (χ2n) is 3.77. The van der Waals surface area contributed by atoms with E-state index in [0.717, 1.165) is 22.1 Å². The Kier molecular flexibility index (Phi) is 2.53. The third-order valence-electron chi connectivity index (χ3n) is 2.38. The first-order valence-corrected chi connectivity index (χ1v) is 6.14. The van der Waals surface area contributed by atoms with Crippen molar-refractivity contribution in [3.8, 4) is 0 Å². The summed E-state index contributed by atoms with van der Waals surface area (Å²) in [4.78, 5) is 4.48. The van der Waals surface area contributed by atoms with Gasteiger partial charge in [-0.15, -0.1) is 0 Å². The summed E-state index contributed by atoms with van der Waals surface area (Å²) in [6.45, 7) is 2.52. The van der Waals surface area contributed by atoms with Crippen molar-refractivity contribution in [2.24, 2.45) is 0 Å². The molecule has 3 aromatic rings. The maximum absolute atomic E-state index is 5.12. The number of aromatic nitrogens is 2. The molecule has 0 bridgehead atoms. The number of thiazole rings is 1. The zero-order chi connectivity index (χ0) is 11.7. The molecule has 0 aliphatic rings. The molecule has 5 heteroatoms. The summed E-state index contributed by atoms with van der Waals surface area (Å²) in [6.07, 6.45) is 0. The van der Waals surface area contributed by atoms with Crippen molar-refractivity contribution >= 4 is 26.7 Å². The minimum absolute atomic E-state index is 0.612. The van der Waals surface area contributed by atoms with Crippen LogP contribution in [0, 0.1) is 6.92 Å². The molecule has 0 radical (unpaired) electrons. The molecule has 0 amide bonds. The molecule has 0 unspecified atom stereocenters. The zero-order valence-electron chi connectivity index (χ0n) is 9.30. The van der Waals surface area contributed by atoms with Gasteiger partial charge in [-0.05, 0) is 19.1 Å². The van der Waals surface area contributed by atoms with Crippen molar-refractivity contribution in [1.29, 1.82) is 0 Å². The lowest BCUT2D eigenvalue weighted by Crippen LogP contribution is -1.96. The first-order valence-electron chi connectivity index (χ1n) is 5.33. The highest BCUT2D eigenvalue weighted by Crippen LogP contribution is 2.25. The van der Waals surface area contributed by atoms with Gasteiger partial charge in [0, 0.05) is 6.07 Å². The molecule has 0 atom stereocenters. The van der Waals surface area contributed by atoms with Crippen LogP contribution in [0.15, 0.2) is 34.9 Å². The fourth-order valence-corrected chi connectivity index (χ4v) is 2.47. The highest BCUT2D eigenvalue weighted by Gasteiger charge is 2.04. The van der Waals surface area contributed by atoms with E-state index in [9.17, 15) is 0 Å². The molecule has 0 saturated carbocycles. The highest BCUT2D eigenvalue weighted by atomic mass is 32.1. The number of rotatable bonds is 3. The molecule has 4 nitrogen and oxygen atoms in total. The van der Waals surface area contributed by atoms with Crippen LogP contribution < -0.4 is 5.32 Å². The molecule has 1 N–H and O–H groups in total. The maximum Gasteiger partial charge on any atom is 0.184 e. The number of hydrogen-bond acceptors (Lipinski definition) is 5. The Morgan fingerprint density at radius 1 is 1.35 bits per heavy atom. The lowest BCUT2D eigenvalue weighted by molar-refractivity contribution is 0.384. The summed E-state index contributed by atoms with van der Waals surface area (Å²) in [7, 11) is 0. The van der Waals surface area contributed by atoms with Gasteiger partial charge in [-0.25, -0.2) is 4.98 Å². The number of aryl methyl sites for hydroxylation is 1. The van der Waals surface area contributed by atoms with Crippen molar-refractivity contribution in [2.45, 2.75) is 13.5 Å². The van der Waals surface area contributed by atoms with Gasteiger partial charge in [0.25, 0.3) is 0 Å². The summed E-state index contributed by atoms with van der Waals surface area (Å²) in [5, 5.41) is 7.98. The van der Waals surface area contributed by atoms with E-state index in [1.165, 1.54) is 4.70 Å². The lowest BCUT2D eigenvalue weighted by atomic mass is 10.3. The van der Waals surface area contributed by atoms with Gasteiger partial charge in [-0.3, -0.25) is 0 Å². The maximum atomic E-state index is 5.12. The fourth-order valence-electron chi connectivity index (χ4n) is 1.61. The van der Waals surface area contributed by atoms with E-state index in [2.05, 4.69) is 21.5 Å². The molecule has 86 valence electrons. The molecule has 0 fully saturated rings. The van der Waals surface area contributed by atoms with Gasteiger partial charge in [0.05, 0.1) is 22.5 Å². The van der Waals surface area contributed by atoms with Crippen molar-refractivity contribution in [2.75, 3.05) is 5.32 Å².